The molecular formula is C16H16N2O3. The van der Waals surface area contributed by atoms with Crippen molar-refractivity contribution in [2.45, 2.75) is 0 Å². The molecule has 5 nitrogen and oxygen atoms in total. The molecule has 0 unspecified atom stereocenters. The van der Waals surface area contributed by atoms with Gasteiger partial charge in [0.05, 0.1) is 6.61 Å². The number of para-hydroxylation sites is 1. The minimum atomic E-state index is -0.771. The first kappa shape index (κ1) is 14.7. The SMILES string of the molecule is O=C(NCCO)C(=O)Nc1ccccc1-c1ccccc1. The largest absolute Gasteiger partial charge is 0.395 e. The van der Waals surface area contributed by atoms with Gasteiger partial charge in [-0.15, -0.1) is 0 Å². The van der Waals surface area contributed by atoms with E-state index in [1.807, 2.05) is 42.5 Å². The Labute approximate surface area is 122 Å². The standard InChI is InChI=1S/C16H16N2O3/c19-11-10-17-15(20)16(21)18-14-9-5-4-8-13(14)12-6-2-1-3-7-12/h1-9,19H,10-11H2,(H,17,20)(H,18,21). The fourth-order valence-electron chi connectivity index (χ4n) is 1.89. The van der Waals surface area contributed by atoms with E-state index in [1.54, 1.807) is 12.1 Å². The molecule has 0 bridgehead atoms. The summed E-state index contributed by atoms with van der Waals surface area (Å²) < 4.78 is 0. The lowest BCUT2D eigenvalue weighted by atomic mass is 10.0. The van der Waals surface area contributed by atoms with Crippen LogP contribution in [0.2, 0.25) is 0 Å². The Morgan fingerprint density at radius 2 is 1.57 bits per heavy atom. The Balaban J connectivity index is 2.18. The molecule has 2 rings (SSSR count). The molecule has 0 aliphatic rings. The van der Waals surface area contributed by atoms with E-state index in [0.717, 1.165) is 11.1 Å². The van der Waals surface area contributed by atoms with Crippen LogP contribution in [0.3, 0.4) is 0 Å². The number of hydrogen-bond donors (Lipinski definition) is 3. The zero-order chi connectivity index (χ0) is 15.1. The summed E-state index contributed by atoms with van der Waals surface area (Å²) in [5.41, 5.74) is 2.35. The summed E-state index contributed by atoms with van der Waals surface area (Å²) in [4.78, 5) is 23.3. The third-order valence-electron chi connectivity index (χ3n) is 2.86. The summed E-state index contributed by atoms with van der Waals surface area (Å²) in [5.74, 6) is -1.53. The van der Waals surface area contributed by atoms with Crippen molar-refractivity contribution in [2.75, 3.05) is 18.5 Å². The summed E-state index contributed by atoms with van der Waals surface area (Å²) in [5, 5.41) is 13.5. The maximum atomic E-state index is 11.8. The number of carbonyl (C=O) groups excluding carboxylic acids is 2. The van der Waals surface area contributed by atoms with Crippen LogP contribution >= 0.6 is 0 Å². The molecule has 0 saturated carbocycles. The highest BCUT2D eigenvalue weighted by molar-refractivity contribution is 6.39. The van der Waals surface area contributed by atoms with Crippen LogP contribution in [0, 0.1) is 0 Å². The molecule has 0 heterocycles. The van der Waals surface area contributed by atoms with E-state index in [1.165, 1.54) is 0 Å². The Morgan fingerprint density at radius 3 is 2.29 bits per heavy atom. The molecule has 2 aromatic carbocycles. The number of carbonyl (C=O) groups is 2. The predicted molar refractivity (Wildman–Crippen MR) is 80.6 cm³/mol. The van der Waals surface area contributed by atoms with Gasteiger partial charge in [0.1, 0.15) is 0 Å². The third kappa shape index (κ3) is 3.90. The number of anilines is 1. The first-order chi connectivity index (χ1) is 10.2. The Hall–Kier alpha value is -2.66. The Morgan fingerprint density at radius 1 is 0.905 bits per heavy atom. The number of aliphatic hydroxyl groups excluding tert-OH is 1. The van der Waals surface area contributed by atoms with Gasteiger partial charge in [-0.25, -0.2) is 0 Å². The highest BCUT2D eigenvalue weighted by Crippen LogP contribution is 2.27. The third-order valence-corrected chi connectivity index (χ3v) is 2.86. The van der Waals surface area contributed by atoms with Gasteiger partial charge in [-0.3, -0.25) is 9.59 Å². The maximum absolute atomic E-state index is 11.8. The molecule has 108 valence electrons. The van der Waals surface area contributed by atoms with E-state index in [0.29, 0.717) is 5.69 Å². The van der Waals surface area contributed by atoms with Gasteiger partial charge in [-0.1, -0.05) is 48.5 Å². The van der Waals surface area contributed by atoms with Crippen LogP contribution in [0.1, 0.15) is 0 Å². The van der Waals surface area contributed by atoms with Gasteiger partial charge in [-0.05, 0) is 11.6 Å². The molecule has 3 N–H and O–H groups in total. The van der Waals surface area contributed by atoms with Gasteiger partial charge >= 0.3 is 11.8 Å². The second kappa shape index (κ2) is 7.21. The molecule has 0 saturated heterocycles. The first-order valence-electron chi connectivity index (χ1n) is 6.57. The molecule has 21 heavy (non-hydrogen) atoms. The Kier molecular flexibility index (Phi) is 5.06. The molecule has 0 radical (unpaired) electrons. The molecule has 0 spiro atoms. The van der Waals surface area contributed by atoms with Crippen LogP contribution in [0.25, 0.3) is 11.1 Å². The number of benzene rings is 2. The van der Waals surface area contributed by atoms with Gasteiger partial charge in [0, 0.05) is 17.8 Å². The van der Waals surface area contributed by atoms with Crippen molar-refractivity contribution in [1.82, 2.24) is 5.32 Å². The molecule has 0 aliphatic heterocycles. The summed E-state index contributed by atoms with van der Waals surface area (Å²) in [7, 11) is 0. The first-order valence-corrected chi connectivity index (χ1v) is 6.57. The van der Waals surface area contributed by atoms with Crippen LogP contribution < -0.4 is 10.6 Å². The zero-order valence-electron chi connectivity index (χ0n) is 11.4. The number of aliphatic hydroxyl groups is 1. The van der Waals surface area contributed by atoms with Gasteiger partial charge in [-0.2, -0.15) is 0 Å². The minimum absolute atomic E-state index is 0.0482. The van der Waals surface area contributed by atoms with Crippen LogP contribution in [-0.2, 0) is 9.59 Å². The van der Waals surface area contributed by atoms with E-state index < -0.39 is 11.8 Å². The van der Waals surface area contributed by atoms with Gasteiger partial charge in [0.2, 0.25) is 0 Å². The summed E-state index contributed by atoms with van der Waals surface area (Å²) in [6.07, 6.45) is 0. The molecule has 0 fully saturated rings. The zero-order valence-corrected chi connectivity index (χ0v) is 11.4. The van der Waals surface area contributed by atoms with E-state index in [-0.39, 0.29) is 13.2 Å². The lowest BCUT2D eigenvalue weighted by Gasteiger charge is -2.11. The summed E-state index contributed by atoms with van der Waals surface area (Å²) in [6.45, 7) is -0.161. The van der Waals surface area contributed by atoms with Gasteiger partial charge in [0.15, 0.2) is 0 Å². The Bertz CT molecular complexity index is 626. The van der Waals surface area contributed by atoms with Crippen LogP contribution in [-0.4, -0.2) is 30.1 Å². The van der Waals surface area contributed by atoms with Crippen molar-refractivity contribution < 1.29 is 14.7 Å². The van der Waals surface area contributed by atoms with Crippen LogP contribution in [0.15, 0.2) is 54.6 Å². The van der Waals surface area contributed by atoms with Crippen molar-refractivity contribution in [2.24, 2.45) is 0 Å². The van der Waals surface area contributed by atoms with E-state index in [9.17, 15) is 9.59 Å². The number of hydrogen-bond acceptors (Lipinski definition) is 3. The van der Waals surface area contributed by atoms with Crippen LogP contribution in [0.4, 0.5) is 5.69 Å². The number of amides is 2. The monoisotopic (exact) mass is 284 g/mol. The summed E-state index contributed by atoms with van der Waals surface area (Å²) in [6, 6.07) is 16.8. The topological polar surface area (TPSA) is 78.4 Å². The highest BCUT2D eigenvalue weighted by Gasteiger charge is 2.14. The molecular weight excluding hydrogens is 268 g/mol. The van der Waals surface area contributed by atoms with Crippen molar-refractivity contribution >= 4 is 17.5 Å². The normalized spacial score (nSPS) is 9.95. The lowest BCUT2D eigenvalue weighted by molar-refractivity contribution is -0.136. The van der Waals surface area contributed by atoms with Crippen LogP contribution in [0.5, 0.6) is 0 Å². The smallest absolute Gasteiger partial charge is 0.313 e. The fourth-order valence-corrected chi connectivity index (χ4v) is 1.89. The van der Waals surface area contributed by atoms with E-state index in [4.69, 9.17) is 5.11 Å². The molecule has 2 aromatic rings. The maximum Gasteiger partial charge on any atom is 0.313 e. The molecule has 0 aliphatic carbocycles. The average Bonchev–Trinajstić information content (AvgIpc) is 2.54. The molecule has 0 atom stereocenters. The summed E-state index contributed by atoms with van der Waals surface area (Å²) >= 11 is 0. The van der Waals surface area contributed by atoms with Crippen molar-refractivity contribution in [3.63, 3.8) is 0 Å². The van der Waals surface area contributed by atoms with Crippen molar-refractivity contribution in [3.05, 3.63) is 54.6 Å². The average molecular weight is 284 g/mol. The fraction of sp³-hybridized carbons (Fsp3) is 0.125. The number of rotatable bonds is 4. The number of nitrogens with one attached hydrogen (secondary N) is 2. The predicted octanol–water partition coefficient (Wildman–Crippen LogP) is 1.40. The van der Waals surface area contributed by atoms with Crippen molar-refractivity contribution in [3.8, 4) is 11.1 Å². The molecule has 5 heteroatoms. The minimum Gasteiger partial charge on any atom is -0.395 e. The highest BCUT2D eigenvalue weighted by atomic mass is 16.3. The van der Waals surface area contributed by atoms with E-state index in [2.05, 4.69) is 10.6 Å². The molecule has 2 amide bonds. The lowest BCUT2D eigenvalue weighted by Crippen LogP contribution is -2.36. The van der Waals surface area contributed by atoms with Gasteiger partial charge in [0.25, 0.3) is 0 Å². The quantitative estimate of drug-likeness (QED) is 0.743. The van der Waals surface area contributed by atoms with Crippen molar-refractivity contribution in [1.29, 1.82) is 0 Å². The second-order valence-corrected chi connectivity index (χ2v) is 4.35. The van der Waals surface area contributed by atoms with Gasteiger partial charge < -0.3 is 15.7 Å². The second-order valence-electron chi connectivity index (χ2n) is 4.35. The van der Waals surface area contributed by atoms with E-state index >= 15 is 0 Å². The molecule has 0 aromatic heterocycles.